The second-order valence-electron chi connectivity index (χ2n) is 5.93. The molecule has 3 rings (SSSR count). The lowest BCUT2D eigenvalue weighted by Crippen LogP contribution is -2.41. The molecule has 0 spiro atoms. The van der Waals surface area contributed by atoms with Crippen molar-refractivity contribution in [2.75, 3.05) is 44.7 Å². The van der Waals surface area contributed by atoms with Gasteiger partial charge >= 0.3 is 0 Å². The van der Waals surface area contributed by atoms with Crippen molar-refractivity contribution in [3.63, 3.8) is 0 Å². The van der Waals surface area contributed by atoms with Crippen LogP contribution < -0.4 is 10.2 Å². The third-order valence-electron chi connectivity index (χ3n) is 4.57. The Morgan fingerprint density at radius 2 is 1.95 bits per heavy atom. The van der Waals surface area contributed by atoms with Gasteiger partial charge in [0.25, 0.3) is 0 Å². The molecule has 0 bridgehead atoms. The standard InChI is InChI=1S/C14H26N6/c1-15-12-4-10-20(11-5-12)14-16-13(17-18-14)6-9-19-7-2-3-8-19/h12,15H,2-11H2,1H3,(H,16,17,18). The maximum Gasteiger partial charge on any atom is 0.244 e. The maximum absolute atomic E-state index is 4.66. The fraction of sp³-hybridized carbons (Fsp3) is 0.857. The summed E-state index contributed by atoms with van der Waals surface area (Å²) in [6.07, 6.45) is 6.03. The summed E-state index contributed by atoms with van der Waals surface area (Å²) in [6.45, 7) is 5.71. The SMILES string of the molecule is CNC1CCN(c2n[nH]c(CCN3CCCC3)n2)CC1. The lowest BCUT2D eigenvalue weighted by Gasteiger charge is -2.30. The summed E-state index contributed by atoms with van der Waals surface area (Å²) in [7, 11) is 2.05. The highest BCUT2D eigenvalue weighted by Crippen LogP contribution is 2.16. The van der Waals surface area contributed by atoms with Crippen LogP contribution in [0, 0.1) is 0 Å². The van der Waals surface area contributed by atoms with Crippen molar-refractivity contribution in [2.24, 2.45) is 0 Å². The first-order valence-electron chi connectivity index (χ1n) is 7.91. The van der Waals surface area contributed by atoms with Crippen LogP contribution in [0.3, 0.4) is 0 Å². The van der Waals surface area contributed by atoms with Gasteiger partial charge in [0, 0.05) is 32.1 Å². The molecule has 2 aliphatic rings. The van der Waals surface area contributed by atoms with E-state index >= 15 is 0 Å². The third-order valence-corrected chi connectivity index (χ3v) is 4.57. The molecule has 3 heterocycles. The van der Waals surface area contributed by atoms with Crippen LogP contribution in [-0.2, 0) is 6.42 Å². The Bertz CT molecular complexity index is 404. The molecule has 20 heavy (non-hydrogen) atoms. The average molecular weight is 278 g/mol. The van der Waals surface area contributed by atoms with Crippen molar-refractivity contribution < 1.29 is 0 Å². The number of hydrogen-bond acceptors (Lipinski definition) is 5. The third kappa shape index (κ3) is 3.30. The zero-order valence-electron chi connectivity index (χ0n) is 12.4. The highest BCUT2D eigenvalue weighted by atomic mass is 15.4. The minimum Gasteiger partial charge on any atom is -0.339 e. The maximum atomic E-state index is 4.66. The number of anilines is 1. The molecule has 6 heteroatoms. The number of nitrogens with one attached hydrogen (secondary N) is 2. The predicted molar refractivity (Wildman–Crippen MR) is 80.1 cm³/mol. The molecule has 0 aliphatic carbocycles. The molecule has 2 fully saturated rings. The minimum absolute atomic E-state index is 0.653. The van der Waals surface area contributed by atoms with Crippen molar-refractivity contribution in [1.29, 1.82) is 0 Å². The molecule has 0 amide bonds. The van der Waals surface area contributed by atoms with Gasteiger partial charge in [-0.15, -0.1) is 5.10 Å². The highest BCUT2D eigenvalue weighted by Gasteiger charge is 2.21. The molecule has 112 valence electrons. The molecule has 2 N–H and O–H groups in total. The van der Waals surface area contributed by atoms with Crippen LogP contribution in [-0.4, -0.2) is 65.9 Å². The predicted octanol–water partition coefficient (Wildman–Crippen LogP) is 0.631. The summed E-state index contributed by atoms with van der Waals surface area (Å²) < 4.78 is 0. The molecule has 6 nitrogen and oxygen atoms in total. The van der Waals surface area contributed by atoms with E-state index in [0.29, 0.717) is 6.04 Å². The van der Waals surface area contributed by atoms with E-state index in [1.165, 1.54) is 38.8 Å². The summed E-state index contributed by atoms with van der Waals surface area (Å²) in [5, 5.41) is 10.8. The molecule has 0 saturated carbocycles. The molecule has 0 unspecified atom stereocenters. The number of rotatable bonds is 5. The van der Waals surface area contributed by atoms with Crippen molar-refractivity contribution in [3.8, 4) is 0 Å². The van der Waals surface area contributed by atoms with Gasteiger partial charge in [-0.05, 0) is 45.8 Å². The Labute approximate surface area is 120 Å². The molecule has 0 atom stereocenters. The first-order chi connectivity index (χ1) is 9.85. The molecule has 0 radical (unpaired) electrons. The average Bonchev–Trinajstić information content (AvgIpc) is 3.17. The molecular formula is C14H26N6. The van der Waals surface area contributed by atoms with Gasteiger partial charge in [0.05, 0.1) is 0 Å². The largest absolute Gasteiger partial charge is 0.339 e. The van der Waals surface area contributed by atoms with Gasteiger partial charge in [0.15, 0.2) is 0 Å². The van der Waals surface area contributed by atoms with E-state index < -0.39 is 0 Å². The van der Waals surface area contributed by atoms with Gasteiger partial charge in [0.2, 0.25) is 5.95 Å². The van der Waals surface area contributed by atoms with E-state index in [-0.39, 0.29) is 0 Å². The van der Waals surface area contributed by atoms with E-state index in [1.54, 1.807) is 0 Å². The van der Waals surface area contributed by atoms with Crippen molar-refractivity contribution in [2.45, 2.75) is 38.1 Å². The number of nitrogens with zero attached hydrogens (tertiary/aromatic N) is 4. The smallest absolute Gasteiger partial charge is 0.244 e. The van der Waals surface area contributed by atoms with Crippen molar-refractivity contribution >= 4 is 5.95 Å². The second kappa shape index (κ2) is 6.54. The van der Waals surface area contributed by atoms with E-state index in [0.717, 1.165) is 37.8 Å². The Balaban J connectivity index is 1.49. The van der Waals surface area contributed by atoms with Gasteiger partial charge in [-0.25, -0.2) is 0 Å². The van der Waals surface area contributed by atoms with E-state index in [4.69, 9.17) is 0 Å². The highest BCUT2D eigenvalue weighted by molar-refractivity contribution is 5.29. The quantitative estimate of drug-likeness (QED) is 0.827. The normalized spacial score (nSPS) is 21.8. The zero-order valence-corrected chi connectivity index (χ0v) is 12.4. The first-order valence-corrected chi connectivity index (χ1v) is 7.91. The molecule has 2 saturated heterocycles. The first kappa shape index (κ1) is 13.8. The van der Waals surface area contributed by atoms with Crippen LogP contribution in [0.1, 0.15) is 31.5 Å². The van der Waals surface area contributed by atoms with Crippen LogP contribution in [0.15, 0.2) is 0 Å². The van der Waals surface area contributed by atoms with Crippen molar-refractivity contribution in [3.05, 3.63) is 5.82 Å². The van der Waals surface area contributed by atoms with Crippen LogP contribution >= 0.6 is 0 Å². The molecule has 0 aromatic carbocycles. The molecular weight excluding hydrogens is 252 g/mol. The summed E-state index contributed by atoms with van der Waals surface area (Å²) >= 11 is 0. The number of likely N-dealkylation sites (tertiary alicyclic amines) is 1. The van der Waals surface area contributed by atoms with Crippen molar-refractivity contribution in [1.82, 2.24) is 25.4 Å². The van der Waals surface area contributed by atoms with Crippen LogP contribution in [0.2, 0.25) is 0 Å². The fourth-order valence-corrected chi connectivity index (χ4v) is 3.18. The number of hydrogen-bond donors (Lipinski definition) is 2. The Kier molecular flexibility index (Phi) is 4.52. The Morgan fingerprint density at radius 3 is 2.65 bits per heavy atom. The summed E-state index contributed by atoms with van der Waals surface area (Å²) in [5.74, 6) is 1.92. The molecule has 1 aromatic rings. The van der Waals surface area contributed by atoms with Gasteiger partial charge in [-0.2, -0.15) is 4.98 Å². The number of aromatic nitrogens is 3. The lowest BCUT2D eigenvalue weighted by molar-refractivity contribution is 0.341. The number of aromatic amines is 1. The molecule has 2 aliphatic heterocycles. The number of piperidine rings is 1. The van der Waals surface area contributed by atoms with Gasteiger partial charge in [0.1, 0.15) is 5.82 Å². The summed E-state index contributed by atoms with van der Waals surface area (Å²) in [5.41, 5.74) is 0. The Morgan fingerprint density at radius 1 is 1.20 bits per heavy atom. The van der Waals surface area contributed by atoms with Gasteiger partial charge in [-0.1, -0.05) is 0 Å². The summed E-state index contributed by atoms with van der Waals surface area (Å²) in [4.78, 5) is 9.47. The monoisotopic (exact) mass is 278 g/mol. The van der Waals surface area contributed by atoms with Gasteiger partial charge in [-0.3, -0.25) is 5.10 Å². The van der Waals surface area contributed by atoms with Crippen LogP contribution in [0.4, 0.5) is 5.95 Å². The summed E-state index contributed by atoms with van der Waals surface area (Å²) in [6, 6.07) is 0.653. The molecule has 1 aromatic heterocycles. The van der Waals surface area contributed by atoms with Crippen LogP contribution in [0.25, 0.3) is 0 Å². The van der Waals surface area contributed by atoms with E-state index in [1.807, 2.05) is 7.05 Å². The van der Waals surface area contributed by atoms with E-state index in [9.17, 15) is 0 Å². The van der Waals surface area contributed by atoms with Gasteiger partial charge < -0.3 is 15.1 Å². The van der Waals surface area contributed by atoms with E-state index in [2.05, 4.69) is 30.3 Å². The zero-order chi connectivity index (χ0) is 13.8. The minimum atomic E-state index is 0.653. The topological polar surface area (TPSA) is 60.1 Å². The number of H-pyrrole nitrogens is 1. The fourth-order valence-electron chi connectivity index (χ4n) is 3.18. The second-order valence-corrected chi connectivity index (χ2v) is 5.93. The van der Waals surface area contributed by atoms with Crippen LogP contribution in [0.5, 0.6) is 0 Å². The Hall–Kier alpha value is -1.14. The lowest BCUT2D eigenvalue weighted by atomic mass is 10.1.